The van der Waals surface area contributed by atoms with Crippen LogP contribution in [-0.4, -0.2) is 39.7 Å². The Balaban J connectivity index is 2.63. The number of fused-ring (bicyclic) bond motifs is 1. The van der Waals surface area contributed by atoms with Gasteiger partial charge in [-0.25, -0.2) is 9.78 Å². The highest BCUT2D eigenvalue weighted by Crippen LogP contribution is 1.98. The van der Waals surface area contributed by atoms with Gasteiger partial charge in [-0.15, -0.1) is 0 Å². The third-order valence-electron chi connectivity index (χ3n) is 2.75. The maximum absolute atomic E-state index is 12.0. The van der Waals surface area contributed by atoms with Crippen LogP contribution in [0.4, 0.5) is 0 Å². The molecule has 2 N–H and O–H groups in total. The summed E-state index contributed by atoms with van der Waals surface area (Å²) >= 11 is 0. The highest BCUT2D eigenvalue weighted by molar-refractivity contribution is 5.68. The molecular weight excluding hydrogens is 222 g/mol. The fourth-order valence-electron chi connectivity index (χ4n) is 1.72. The summed E-state index contributed by atoms with van der Waals surface area (Å²) in [5.74, 6) is 0. The molecule has 0 aromatic carbocycles. The van der Waals surface area contributed by atoms with Crippen LogP contribution in [0.2, 0.25) is 0 Å². The first kappa shape index (κ1) is 11.6. The average molecular weight is 238 g/mol. The molecule has 0 saturated carbocycles. The number of H-pyrrole nitrogens is 1. The predicted molar refractivity (Wildman–Crippen MR) is 63.3 cm³/mol. The number of rotatable bonds is 3. The molecule has 92 valence electrons. The van der Waals surface area contributed by atoms with Gasteiger partial charge in [0.15, 0.2) is 5.65 Å². The van der Waals surface area contributed by atoms with Gasteiger partial charge in [0, 0.05) is 7.05 Å². The molecule has 0 aliphatic rings. The SMILES string of the molecule is Cn1c(=O)n(CC[NH+](C)C)c(=O)c2[nH]cnc21. The number of nitrogens with zero attached hydrogens (tertiary/aromatic N) is 3. The maximum atomic E-state index is 12.0. The monoisotopic (exact) mass is 238 g/mol. The summed E-state index contributed by atoms with van der Waals surface area (Å²) in [5.41, 5.74) is 0.145. The third-order valence-corrected chi connectivity index (χ3v) is 2.75. The fraction of sp³-hybridized carbons (Fsp3) is 0.500. The summed E-state index contributed by atoms with van der Waals surface area (Å²) in [6, 6.07) is 0. The van der Waals surface area contributed by atoms with Crippen LogP contribution in [0.3, 0.4) is 0 Å². The Morgan fingerprint density at radius 1 is 1.41 bits per heavy atom. The van der Waals surface area contributed by atoms with Gasteiger partial charge < -0.3 is 9.88 Å². The lowest BCUT2D eigenvalue weighted by atomic mass is 10.5. The molecule has 0 radical (unpaired) electrons. The van der Waals surface area contributed by atoms with E-state index in [-0.39, 0.29) is 11.2 Å². The summed E-state index contributed by atoms with van der Waals surface area (Å²) in [7, 11) is 5.57. The van der Waals surface area contributed by atoms with Gasteiger partial charge in [0.05, 0.1) is 33.5 Å². The molecule has 17 heavy (non-hydrogen) atoms. The number of hydrogen-bond donors (Lipinski definition) is 2. The molecule has 7 heteroatoms. The number of likely N-dealkylation sites (N-methyl/N-ethyl adjacent to an activating group) is 1. The molecule has 0 spiro atoms. The molecular formula is C10H16N5O2+. The van der Waals surface area contributed by atoms with E-state index in [4.69, 9.17) is 0 Å². The second kappa shape index (κ2) is 4.17. The van der Waals surface area contributed by atoms with E-state index in [0.717, 1.165) is 6.54 Å². The van der Waals surface area contributed by atoms with Crippen molar-refractivity contribution in [2.45, 2.75) is 6.54 Å². The third kappa shape index (κ3) is 1.89. The highest BCUT2D eigenvalue weighted by Gasteiger charge is 2.12. The topological polar surface area (TPSA) is 77.1 Å². The fourth-order valence-corrected chi connectivity index (χ4v) is 1.72. The first-order valence-corrected chi connectivity index (χ1v) is 5.44. The van der Waals surface area contributed by atoms with Gasteiger partial charge in [0.2, 0.25) is 0 Å². The van der Waals surface area contributed by atoms with Crippen molar-refractivity contribution >= 4 is 11.2 Å². The van der Waals surface area contributed by atoms with Gasteiger partial charge in [-0.05, 0) is 0 Å². The van der Waals surface area contributed by atoms with Crippen molar-refractivity contribution in [2.24, 2.45) is 7.05 Å². The van der Waals surface area contributed by atoms with Crippen molar-refractivity contribution in [1.29, 1.82) is 0 Å². The van der Waals surface area contributed by atoms with E-state index in [2.05, 4.69) is 9.97 Å². The molecule has 2 aromatic heterocycles. The number of aromatic amines is 1. The summed E-state index contributed by atoms with van der Waals surface area (Å²) in [6.45, 7) is 1.12. The van der Waals surface area contributed by atoms with Crippen LogP contribution in [0.25, 0.3) is 11.2 Å². The predicted octanol–water partition coefficient (Wildman–Crippen LogP) is -2.43. The lowest BCUT2D eigenvalue weighted by Crippen LogP contribution is -3.06. The number of aryl methyl sites for hydroxylation is 1. The second-order valence-electron chi connectivity index (χ2n) is 4.36. The molecule has 0 atom stereocenters. The number of aromatic nitrogens is 4. The Morgan fingerprint density at radius 3 is 2.76 bits per heavy atom. The van der Waals surface area contributed by atoms with Crippen LogP contribution in [0.15, 0.2) is 15.9 Å². The van der Waals surface area contributed by atoms with E-state index in [1.165, 1.54) is 20.4 Å². The minimum absolute atomic E-state index is 0.304. The van der Waals surface area contributed by atoms with Gasteiger partial charge in [-0.1, -0.05) is 0 Å². The smallest absolute Gasteiger partial charge is 0.332 e. The van der Waals surface area contributed by atoms with Crippen molar-refractivity contribution in [3.8, 4) is 0 Å². The molecule has 0 unspecified atom stereocenters. The molecule has 2 heterocycles. The van der Waals surface area contributed by atoms with E-state index in [9.17, 15) is 9.59 Å². The average Bonchev–Trinajstić information content (AvgIpc) is 2.75. The minimum Gasteiger partial charge on any atom is -0.339 e. The number of hydrogen-bond acceptors (Lipinski definition) is 3. The standard InChI is InChI=1S/C10H15N5O2/c1-13(2)4-5-15-9(16)7-8(12-6-11-7)14(3)10(15)17/h6H,4-5H2,1-3H3,(H,11,12)/p+1. The Bertz CT molecular complexity index is 649. The molecule has 2 aromatic rings. The highest BCUT2D eigenvalue weighted by atomic mass is 16.2. The lowest BCUT2D eigenvalue weighted by molar-refractivity contribution is -0.859. The Hall–Kier alpha value is -1.89. The molecule has 0 aliphatic heterocycles. The molecule has 0 amide bonds. The van der Waals surface area contributed by atoms with Crippen molar-refractivity contribution in [3.05, 3.63) is 27.2 Å². The van der Waals surface area contributed by atoms with Crippen molar-refractivity contribution in [3.63, 3.8) is 0 Å². The molecule has 0 fully saturated rings. The zero-order chi connectivity index (χ0) is 12.6. The van der Waals surface area contributed by atoms with E-state index in [0.29, 0.717) is 17.7 Å². The summed E-state index contributed by atoms with van der Waals surface area (Å²) < 4.78 is 2.63. The molecule has 7 nitrogen and oxygen atoms in total. The largest absolute Gasteiger partial charge is 0.339 e. The van der Waals surface area contributed by atoms with E-state index in [1.54, 1.807) is 7.05 Å². The molecule has 0 saturated heterocycles. The zero-order valence-corrected chi connectivity index (χ0v) is 10.1. The van der Waals surface area contributed by atoms with Crippen molar-refractivity contribution < 1.29 is 4.90 Å². The molecule has 2 rings (SSSR count). The van der Waals surface area contributed by atoms with E-state index >= 15 is 0 Å². The van der Waals surface area contributed by atoms with Crippen LogP contribution in [0.5, 0.6) is 0 Å². The van der Waals surface area contributed by atoms with Crippen LogP contribution in [0.1, 0.15) is 0 Å². The van der Waals surface area contributed by atoms with Crippen LogP contribution in [0, 0.1) is 0 Å². The zero-order valence-electron chi connectivity index (χ0n) is 10.1. The molecule has 0 aliphatic carbocycles. The van der Waals surface area contributed by atoms with E-state index in [1.807, 2.05) is 14.1 Å². The van der Waals surface area contributed by atoms with Crippen molar-refractivity contribution in [1.82, 2.24) is 19.1 Å². The summed E-state index contributed by atoms with van der Waals surface area (Å²) in [4.78, 5) is 31.9. The first-order chi connectivity index (χ1) is 8.02. The summed E-state index contributed by atoms with van der Waals surface area (Å²) in [5, 5.41) is 0. The van der Waals surface area contributed by atoms with Gasteiger partial charge in [-0.3, -0.25) is 13.9 Å². The van der Waals surface area contributed by atoms with Gasteiger partial charge in [-0.2, -0.15) is 0 Å². The lowest BCUT2D eigenvalue weighted by Gasteiger charge is -2.09. The first-order valence-electron chi connectivity index (χ1n) is 5.44. The van der Waals surface area contributed by atoms with Crippen LogP contribution >= 0.6 is 0 Å². The van der Waals surface area contributed by atoms with Gasteiger partial charge in [0.1, 0.15) is 5.52 Å². The van der Waals surface area contributed by atoms with Crippen LogP contribution in [-0.2, 0) is 13.6 Å². The number of imidazole rings is 1. The number of quaternary nitrogens is 1. The maximum Gasteiger partial charge on any atom is 0.332 e. The Labute approximate surface area is 97.3 Å². The molecule has 0 bridgehead atoms. The quantitative estimate of drug-likeness (QED) is 0.624. The van der Waals surface area contributed by atoms with Gasteiger partial charge >= 0.3 is 5.69 Å². The number of nitrogens with one attached hydrogen (secondary N) is 2. The Kier molecular flexibility index (Phi) is 2.84. The van der Waals surface area contributed by atoms with Crippen LogP contribution < -0.4 is 16.1 Å². The Morgan fingerprint density at radius 2 is 2.12 bits per heavy atom. The normalized spacial score (nSPS) is 11.5. The van der Waals surface area contributed by atoms with Gasteiger partial charge in [0.25, 0.3) is 5.56 Å². The second-order valence-corrected chi connectivity index (χ2v) is 4.36. The minimum atomic E-state index is -0.323. The van der Waals surface area contributed by atoms with E-state index < -0.39 is 0 Å². The summed E-state index contributed by atoms with van der Waals surface area (Å²) in [6.07, 6.45) is 1.42. The van der Waals surface area contributed by atoms with Crippen molar-refractivity contribution in [2.75, 3.05) is 20.6 Å².